The van der Waals surface area contributed by atoms with Crippen molar-refractivity contribution in [2.24, 2.45) is 0 Å². The predicted octanol–water partition coefficient (Wildman–Crippen LogP) is 3.42. The van der Waals surface area contributed by atoms with Crippen molar-refractivity contribution >= 4 is 46.4 Å². The normalized spacial score (nSPS) is 20.8. The second kappa shape index (κ2) is 7.13. The van der Waals surface area contributed by atoms with Gasteiger partial charge in [0.1, 0.15) is 0 Å². The highest BCUT2D eigenvalue weighted by molar-refractivity contribution is 6.44. The summed E-state index contributed by atoms with van der Waals surface area (Å²) in [6, 6.07) is 3.07. The first-order chi connectivity index (χ1) is 11.0. The number of carbonyl (C=O) groups is 1. The number of piperidine rings is 1. The minimum absolute atomic E-state index is 0.144. The molecule has 23 heavy (non-hydrogen) atoms. The Hall–Kier alpha value is -0.560. The molecule has 5 nitrogen and oxygen atoms in total. The molecule has 2 aliphatic rings. The van der Waals surface area contributed by atoms with Gasteiger partial charge in [0.2, 0.25) is 5.91 Å². The van der Waals surface area contributed by atoms with E-state index in [9.17, 15) is 4.79 Å². The van der Waals surface area contributed by atoms with Gasteiger partial charge >= 0.3 is 0 Å². The number of halogens is 3. The van der Waals surface area contributed by atoms with Gasteiger partial charge in [-0.25, -0.2) is 0 Å². The van der Waals surface area contributed by atoms with E-state index in [2.05, 4.69) is 10.2 Å². The van der Waals surface area contributed by atoms with Crippen molar-refractivity contribution in [3.05, 3.63) is 27.2 Å². The molecule has 1 aromatic carbocycles. The van der Waals surface area contributed by atoms with Crippen molar-refractivity contribution in [2.45, 2.75) is 18.6 Å². The Labute approximate surface area is 149 Å². The van der Waals surface area contributed by atoms with E-state index in [-0.39, 0.29) is 12.5 Å². The van der Waals surface area contributed by atoms with E-state index < -0.39 is 5.79 Å². The van der Waals surface area contributed by atoms with Crippen LogP contribution in [0, 0.1) is 0 Å². The van der Waals surface area contributed by atoms with E-state index in [0.717, 1.165) is 25.9 Å². The van der Waals surface area contributed by atoms with Crippen LogP contribution in [0.5, 0.6) is 0 Å². The highest BCUT2D eigenvalue weighted by Gasteiger charge is 2.39. The summed E-state index contributed by atoms with van der Waals surface area (Å²) in [4.78, 5) is 14.3. The summed E-state index contributed by atoms with van der Waals surface area (Å²) in [7, 11) is 0. The van der Waals surface area contributed by atoms with E-state index in [4.69, 9.17) is 44.3 Å². The zero-order valence-electron chi connectivity index (χ0n) is 12.4. The number of benzene rings is 1. The van der Waals surface area contributed by atoms with Crippen LogP contribution in [-0.2, 0) is 14.3 Å². The van der Waals surface area contributed by atoms with Gasteiger partial charge in [0, 0.05) is 25.9 Å². The number of nitrogens with zero attached hydrogens (tertiary/aromatic N) is 1. The lowest BCUT2D eigenvalue weighted by molar-refractivity contribution is -0.185. The van der Waals surface area contributed by atoms with Gasteiger partial charge in [-0.05, 0) is 12.1 Å². The molecular weight excluding hydrogens is 363 g/mol. The first kappa shape index (κ1) is 17.3. The molecule has 2 saturated heterocycles. The molecule has 2 fully saturated rings. The van der Waals surface area contributed by atoms with Gasteiger partial charge in [-0.2, -0.15) is 0 Å². The standard InChI is InChI=1S/C15H17Cl3N2O3/c16-10-7-12(18)13(8-11(10)17)19-14(21)9-20-3-1-15(2-4-20)22-5-6-23-15/h7-8H,1-6,9H2,(H,19,21). The molecule has 0 aliphatic carbocycles. The maximum Gasteiger partial charge on any atom is 0.238 e. The lowest BCUT2D eigenvalue weighted by Gasteiger charge is -2.37. The van der Waals surface area contributed by atoms with Gasteiger partial charge in [0.25, 0.3) is 0 Å². The minimum Gasteiger partial charge on any atom is -0.347 e. The van der Waals surface area contributed by atoms with Crippen molar-refractivity contribution in [3.8, 4) is 0 Å². The van der Waals surface area contributed by atoms with Crippen molar-refractivity contribution < 1.29 is 14.3 Å². The highest BCUT2D eigenvalue weighted by atomic mass is 35.5. The first-order valence-corrected chi connectivity index (χ1v) is 8.55. The topological polar surface area (TPSA) is 50.8 Å². The van der Waals surface area contributed by atoms with Crippen LogP contribution in [0.4, 0.5) is 5.69 Å². The zero-order chi connectivity index (χ0) is 16.4. The molecule has 2 aliphatic heterocycles. The molecule has 0 bridgehead atoms. The quantitative estimate of drug-likeness (QED) is 0.818. The summed E-state index contributed by atoms with van der Waals surface area (Å²) >= 11 is 17.9. The van der Waals surface area contributed by atoms with Crippen molar-refractivity contribution in [1.29, 1.82) is 0 Å². The third kappa shape index (κ3) is 4.10. The first-order valence-electron chi connectivity index (χ1n) is 7.42. The van der Waals surface area contributed by atoms with E-state index in [1.165, 1.54) is 6.07 Å². The van der Waals surface area contributed by atoms with Gasteiger partial charge in [-0.1, -0.05) is 34.8 Å². The molecule has 1 aromatic rings. The Morgan fingerprint density at radius 1 is 1.09 bits per heavy atom. The third-order valence-corrected chi connectivity index (χ3v) is 5.12. The Morgan fingerprint density at radius 3 is 2.35 bits per heavy atom. The summed E-state index contributed by atoms with van der Waals surface area (Å²) in [5.41, 5.74) is 0.460. The maximum absolute atomic E-state index is 12.2. The fourth-order valence-electron chi connectivity index (χ4n) is 2.85. The summed E-state index contributed by atoms with van der Waals surface area (Å²) in [6.45, 7) is 3.09. The largest absolute Gasteiger partial charge is 0.347 e. The molecule has 0 radical (unpaired) electrons. The average Bonchev–Trinajstić information content (AvgIpc) is 2.96. The number of nitrogens with one attached hydrogen (secondary N) is 1. The predicted molar refractivity (Wildman–Crippen MR) is 90.4 cm³/mol. The number of anilines is 1. The smallest absolute Gasteiger partial charge is 0.238 e. The molecule has 0 saturated carbocycles. The lowest BCUT2D eigenvalue weighted by Crippen LogP contribution is -2.47. The van der Waals surface area contributed by atoms with Crippen LogP contribution < -0.4 is 5.32 Å². The maximum atomic E-state index is 12.2. The number of rotatable bonds is 3. The highest BCUT2D eigenvalue weighted by Crippen LogP contribution is 2.33. The SMILES string of the molecule is O=C(CN1CCC2(CC1)OCCO2)Nc1cc(Cl)c(Cl)cc1Cl. The van der Waals surface area contributed by atoms with Crippen LogP contribution in [0.2, 0.25) is 15.1 Å². The zero-order valence-corrected chi connectivity index (χ0v) is 14.7. The second-order valence-electron chi connectivity index (χ2n) is 5.68. The van der Waals surface area contributed by atoms with Crippen LogP contribution in [0.1, 0.15) is 12.8 Å². The Bertz CT molecular complexity index is 596. The fraction of sp³-hybridized carbons (Fsp3) is 0.533. The number of amides is 1. The van der Waals surface area contributed by atoms with E-state index in [1.54, 1.807) is 6.07 Å². The molecule has 2 heterocycles. The van der Waals surface area contributed by atoms with Gasteiger partial charge in [0.15, 0.2) is 5.79 Å². The molecule has 1 N–H and O–H groups in total. The summed E-state index contributed by atoms with van der Waals surface area (Å²) < 4.78 is 11.4. The molecule has 3 rings (SSSR count). The molecule has 126 valence electrons. The van der Waals surface area contributed by atoms with E-state index in [1.807, 2.05) is 0 Å². The number of ether oxygens (including phenoxy) is 2. The van der Waals surface area contributed by atoms with Crippen LogP contribution in [0.25, 0.3) is 0 Å². The van der Waals surface area contributed by atoms with Crippen molar-refractivity contribution in [1.82, 2.24) is 4.90 Å². The summed E-state index contributed by atoms with van der Waals surface area (Å²) in [6.07, 6.45) is 1.54. The number of likely N-dealkylation sites (tertiary alicyclic amines) is 1. The van der Waals surface area contributed by atoms with Gasteiger partial charge in [0.05, 0.1) is 40.5 Å². The monoisotopic (exact) mass is 378 g/mol. The molecule has 8 heteroatoms. The van der Waals surface area contributed by atoms with Crippen molar-refractivity contribution in [2.75, 3.05) is 38.2 Å². The molecule has 0 unspecified atom stereocenters. The Morgan fingerprint density at radius 2 is 1.70 bits per heavy atom. The molecule has 0 atom stereocenters. The van der Waals surface area contributed by atoms with Crippen LogP contribution >= 0.6 is 34.8 Å². The minimum atomic E-state index is -0.431. The summed E-state index contributed by atoms with van der Waals surface area (Å²) in [5.74, 6) is -0.575. The van der Waals surface area contributed by atoms with E-state index >= 15 is 0 Å². The van der Waals surface area contributed by atoms with Gasteiger partial charge in [-0.3, -0.25) is 9.69 Å². The van der Waals surface area contributed by atoms with E-state index in [0.29, 0.717) is 34.0 Å². The Kier molecular flexibility index (Phi) is 5.35. The van der Waals surface area contributed by atoms with Crippen LogP contribution in [0.3, 0.4) is 0 Å². The second-order valence-corrected chi connectivity index (χ2v) is 6.90. The molecule has 1 amide bonds. The third-order valence-electron chi connectivity index (χ3n) is 4.08. The molecular formula is C15H17Cl3N2O3. The van der Waals surface area contributed by atoms with Gasteiger partial charge in [-0.15, -0.1) is 0 Å². The fourth-order valence-corrected chi connectivity index (χ4v) is 3.44. The number of hydrogen-bond donors (Lipinski definition) is 1. The summed E-state index contributed by atoms with van der Waals surface area (Å²) in [5, 5.41) is 3.83. The molecule has 0 aromatic heterocycles. The van der Waals surface area contributed by atoms with Crippen molar-refractivity contribution in [3.63, 3.8) is 0 Å². The van der Waals surface area contributed by atoms with Crippen LogP contribution in [-0.4, -0.2) is 49.4 Å². The molecule has 1 spiro atoms. The number of carbonyl (C=O) groups excluding carboxylic acids is 1. The average molecular weight is 380 g/mol. The lowest BCUT2D eigenvalue weighted by atomic mass is 10.0. The van der Waals surface area contributed by atoms with Crippen LogP contribution in [0.15, 0.2) is 12.1 Å². The Balaban J connectivity index is 1.53. The van der Waals surface area contributed by atoms with Gasteiger partial charge < -0.3 is 14.8 Å². The number of hydrogen-bond acceptors (Lipinski definition) is 4.